The molecule has 1 atom stereocenters. The van der Waals surface area contributed by atoms with Crippen molar-refractivity contribution in [1.82, 2.24) is 5.32 Å². The SMILES string of the molecule is CNC(c1cccc(Br)c1)C1CCSCC1. The van der Waals surface area contributed by atoms with E-state index in [-0.39, 0.29) is 0 Å². The van der Waals surface area contributed by atoms with Crippen molar-refractivity contribution in [3.63, 3.8) is 0 Å². The van der Waals surface area contributed by atoms with Crippen LogP contribution in [0.5, 0.6) is 0 Å². The van der Waals surface area contributed by atoms with Gasteiger partial charge in [0.1, 0.15) is 0 Å². The predicted molar refractivity (Wildman–Crippen MR) is 76.0 cm³/mol. The van der Waals surface area contributed by atoms with Gasteiger partial charge in [-0.3, -0.25) is 0 Å². The first kappa shape index (κ1) is 12.5. The fourth-order valence-electron chi connectivity index (χ4n) is 2.42. The molecule has 0 bridgehead atoms. The largest absolute Gasteiger partial charge is 0.313 e. The van der Waals surface area contributed by atoms with Crippen LogP contribution in [0.3, 0.4) is 0 Å². The molecule has 1 aliphatic heterocycles. The van der Waals surface area contributed by atoms with Crippen molar-refractivity contribution in [3.8, 4) is 0 Å². The minimum absolute atomic E-state index is 0.512. The Morgan fingerprint density at radius 2 is 2.12 bits per heavy atom. The third kappa shape index (κ3) is 3.02. The van der Waals surface area contributed by atoms with Crippen molar-refractivity contribution in [2.24, 2.45) is 5.92 Å². The van der Waals surface area contributed by atoms with Gasteiger partial charge in [0, 0.05) is 10.5 Å². The van der Waals surface area contributed by atoms with Gasteiger partial charge in [-0.25, -0.2) is 0 Å². The number of thioether (sulfide) groups is 1. The highest BCUT2D eigenvalue weighted by Gasteiger charge is 2.23. The summed E-state index contributed by atoms with van der Waals surface area (Å²) in [5, 5.41) is 3.49. The van der Waals surface area contributed by atoms with E-state index in [1.165, 1.54) is 34.4 Å². The smallest absolute Gasteiger partial charge is 0.0347 e. The second kappa shape index (κ2) is 6.08. The van der Waals surface area contributed by atoms with Gasteiger partial charge in [-0.1, -0.05) is 28.1 Å². The summed E-state index contributed by atoms with van der Waals surface area (Å²) in [5.41, 5.74) is 1.41. The van der Waals surface area contributed by atoms with Gasteiger partial charge in [0.05, 0.1) is 0 Å². The molecule has 3 heteroatoms. The second-order valence-corrected chi connectivity index (χ2v) is 6.41. The second-order valence-electron chi connectivity index (χ2n) is 4.27. The Labute approximate surface area is 111 Å². The van der Waals surface area contributed by atoms with Crippen LogP contribution in [-0.4, -0.2) is 18.6 Å². The standard InChI is InChI=1S/C13H18BrNS/c1-15-13(10-5-7-16-8-6-10)11-3-2-4-12(14)9-11/h2-4,9-10,13,15H,5-8H2,1H3. The Kier molecular flexibility index (Phi) is 4.74. The number of hydrogen-bond donors (Lipinski definition) is 1. The number of nitrogens with one attached hydrogen (secondary N) is 1. The normalized spacial score (nSPS) is 19.6. The minimum Gasteiger partial charge on any atom is -0.313 e. The van der Waals surface area contributed by atoms with Crippen molar-refractivity contribution in [2.75, 3.05) is 18.6 Å². The molecule has 1 aromatic carbocycles. The molecule has 1 heterocycles. The molecule has 1 N–H and O–H groups in total. The van der Waals surface area contributed by atoms with Crippen molar-refractivity contribution < 1.29 is 0 Å². The van der Waals surface area contributed by atoms with E-state index >= 15 is 0 Å². The molecule has 0 saturated carbocycles. The summed E-state index contributed by atoms with van der Waals surface area (Å²) in [6.07, 6.45) is 2.67. The summed E-state index contributed by atoms with van der Waals surface area (Å²) >= 11 is 5.64. The van der Waals surface area contributed by atoms with Crippen LogP contribution in [-0.2, 0) is 0 Å². The fourth-order valence-corrected chi connectivity index (χ4v) is 3.98. The first-order valence-corrected chi connectivity index (χ1v) is 7.76. The van der Waals surface area contributed by atoms with Crippen LogP contribution in [0.1, 0.15) is 24.4 Å². The molecule has 88 valence electrons. The molecule has 0 radical (unpaired) electrons. The molecule has 0 aliphatic carbocycles. The van der Waals surface area contributed by atoms with Gasteiger partial charge < -0.3 is 5.32 Å². The number of benzene rings is 1. The predicted octanol–water partition coefficient (Wildman–Crippen LogP) is 3.85. The summed E-state index contributed by atoms with van der Waals surface area (Å²) < 4.78 is 1.18. The van der Waals surface area contributed by atoms with Crippen LogP contribution < -0.4 is 5.32 Å². The Morgan fingerprint density at radius 1 is 1.38 bits per heavy atom. The zero-order chi connectivity index (χ0) is 11.4. The number of hydrogen-bond acceptors (Lipinski definition) is 2. The van der Waals surface area contributed by atoms with E-state index in [0.29, 0.717) is 6.04 Å². The molecule has 1 aliphatic rings. The van der Waals surface area contributed by atoms with Gasteiger partial charge >= 0.3 is 0 Å². The molecular formula is C13H18BrNS. The highest BCUT2D eigenvalue weighted by atomic mass is 79.9. The zero-order valence-electron chi connectivity index (χ0n) is 9.58. The maximum atomic E-state index is 3.55. The van der Waals surface area contributed by atoms with Crippen LogP contribution in [0.4, 0.5) is 0 Å². The van der Waals surface area contributed by atoms with E-state index < -0.39 is 0 Å². The van der Waals surface area contributed by atoms with Gasteiger partial charge in [-0.05, 0) is 55.0 Å². The monoisotopic (exact) mass is 299 g/mol. The van der Waals surface area contributed by atoms with Gasteiger partial charge in [-0.2, -0.15) is 11.8 Å². The topological polar surface area (TPSA) is 12.0 Å². The Morgan fingerprint density at radius 3 is 2.75 bits per heavy atom. The van der Waals surface area contributed by atoms with Crippen LogP contribution >= 0.6 is 27.7 Å². The van der Waals surface area contributed by atoms with Gasteiger partial charge in [0.2, 0.25) is 0 Å². The Bertz CT molecular complexity index is 336. The molecule has 2 rings (SSSR count). The molecule has 1 fully saturated rings. The minimum atomic E-state index is 0.512. The van der Waals surface area contributed by atoms with Gasteiger partial charge in [0.25, 0.3) is 0 Å². The number of rotatable bonds is 3. The van der Waals surface area contributed by atoms with E-state index in [2.05, 4.69) is 64.3 Å². The third-order valence-corrected chi connectivity index (χ3v) is 4.80. The average molecular weight is 300 g/mol. The van der Waals surface area contributed by atoms with E-state index in [9.17, 15) is 0 Å². The van der Waals surface area contributed by atoms with Crippen LogP contribution in [0.15, 0.2) is 28.7 Å². The third-order valence-electron chi connectivity index (χ3n) is 3.26. The van der Waals surface area contributed by atoms with Crippen molar-refractivity contribution in [1.29, 1.82) is 0 Å². The quantitative estimate of drug-likeness (QED) is 0.910. The summed E-state index contributed by atoms with van der Waals surface area (Å²) in [6, 6.07) is 9.20. The van der Waals surface area contributed by atoms with Crippen LogP contribution in [0.2, 0.25) is 0 Å². The van der Waals surface area contributed by atoms with Gasteiger partial charge in [-0.15, -0.1) is 0 Å². The van der Waals surface area contributed by atoms with Crippen molar-refractivity contribution >= 4 is 27.7 Å². The molecule has 0 aromatic heterocycles. The summed E-state index contributed by atoms with van der Waals surface area (Å²) in [4.78, 5) is 0. The van der Waals surface area contributed by atoms with E-state index in [4.69, 9.17) is 0 Å². The lowest BCUT2D eigenvalue weighted by atomic mass is 9.88. The van der Waals surface area contributed by atoms with Gasteiger partial charge in [0.15, 0.2) is 0 Å². The lowest BCUT2D eigenvalue weighted by Gasteiger charge is -2.30. The Hall–Kier alpha value is 0.01000. The average Bonchev–Trinajstić information content (AvgIpc) is 2.31. The first-order chi connectivity index (χ1) is 7.81. The van der Waals surface area contributed by atoms with E-state index in [1.54, 1.807) is 0 Å². The zero-order valence-corrected chi connectivity index (χ0v) is 12.0. The van der Waals surface area contributed by atoms with E-state index in [1.807, 2.05) is 0 Å². The molecule has 1 unspecified atom stereocenters. The van der Waals surface area contributed by atoms with Crippen LogP contribution in [0, 0.1) is 5.92 Å². The van der Waals surface area contributed by atoms with Crippen LogP contribution in [0.25, 0.3) is 0 Å². The highest BCUT2D eigenvalue weighted by Crippen LogP contribution is 2.33. The Balaban J connectivity index is 2.14. The molecule has 1 nitrogen and oxygen atoms in total. The maximum Gasteiger partial charge on any atom is 0.0347 e. The maximum absolute atomic E-state index is 3.55. The number of halogens is 1. The molecule has 1 saturated heterocycles. The first-order valence-electron chi connectivity index (χ1n) is 5.81. The highest BCUT2D eigenvalue weighted by molar-refractivity contribution is 9.10. The van der Waals surface area contributed by atoms with E-state index in [0.717, 1.165) is 5.92 Å². The molecule has 0 spiro atoms. The molecular weight excluding hydrogens is 282 g/mol. The lowest BCUT2D eigenvalue weighted by Crippen LogP contribution is -2.28. The van der Waals surface area contributed by atoms with Crippen molar-refractivity contribution in [3.05, 3.63) is 34.3 Å². The molecule has 1 aromatic rings. The summed E-state index contributed by atoms with van der Waals surface area (Å²) in [6.45, 7) is 0. The fraction of sp³-hybridized carbons (Fsp3) is 0.538. The summed E-state index contributed by atoms with van der Waals surface area (Å²) in [7, 11) is 2.08. The molecule has 16 heavy (non-hydrogen) atoms. The summed E-state index contributed by atoms with van der Waals surface area (Å²) in [5.74, 6) is 3.42. The molecule has 0 amide bonds. The van der Waals surface area contributed by atoms with Crippen molar-refractivity contribution in [2.45, 2.75) is 18.9 Å². The lowest BCUT2D eigenvalue weighted by molar-refractivity contribution is 0.358.